The predicted molar refractivity (Wildman–Crippen MR) is 245 cm³/mol. The summed E-state index contributed by atoms with van der Waals surface area (Å²) in [5, 5.41) is 0. The van der Waals surface area contributed by atoms with Crippen molar-refractivity contribution in [3.05, 3.63) is 12.2 Å². The average Bonchev–Trinajstić information content (AvgIpc) is 3.18. The predicted octanol–water partition coefficient (Wildman–Crippen LogP) is 14.4. The Kier molecular flexibility index (Phi) is 42.3. The van der Waals surface area contributed by atoms with Gasteiger partial charge in [-0.2, -0.15) is 0 Å². The number of quaternary nitrogens is 1. The highest BCUT2D eigenvalue weighted by molar-refractivity contribution is 7.45. The van der Waals surface area contributed by atoms with Crippen LogP contribution in [0.4, 0.5) is 0 Å². The molecule has 0 amide bonds. The van der Waals surface area contributed by atoms with Crippen LogP contribution in [0.25, 0.3) is 0 Å². The first-order valence-electron chi connectivity index (χ1n) is 24.9. The molecule has 0 N–H and O–H groups in total. The van der Waals surface area contributed by atoms with Gasteiger partial charge in [-0.1, -0.05) is 206 Å². The van der Waals surface area contributed by atoms with Gasteiger partial charge in [0.2, 0.25) is 0 Å². The second-order valence-electron chi connectivity index (χ2n) is 18.2. The average molecular weight is 844 g/mol. The van der Waals surface area contributed by atoms with Gasteiger partial charge in [0.1, 0.15) is 19.3 Å². The molecule has 346 valence electrons. The number of allylic oxidation sites excluding steroid dienone is 2. The molecular weight excluding hydrogens is 746 g/mol. The van der Waals surface area contributed by atoms with Gasteiger partial charge in [-0.15, -0.1) is 0 Å². The molecule has 8 nitrogen and oxygen atoms in total. The zero-order chi connectivity index (χ0) is 42.7. The number of esters is 1. The quantitative estimate of drug-likeness (QED) is 0.0198. The molecule has 0 saturated heterocycles. The molecule has 0 aliphatic rings. The zero-order valence-corrected chi connectivity index (χ0v) is 40.2. The Labute approximate surface area is 360 Å². The van der Waals surface area contributed by atoms with Crippen molar-refractivity contribution < 1.29 is 37.3 Å². The molecule has 58 heavy (non-hydrogen) atoms. The highest BCUT2D eigenvalue weighted by Gasteiger charge is 2.20. The van der Waals surface area contributed by atoms with E-state index in [0.29, 0.717) is 24.1 Å². The van der Waals surface area contributed by atoms with E-state index in [1.807, 2.05) is 21.1 Å². The summed E-state index contributed by atoms with van der Waals surface area (Å²) >= 11 is 0. The first-order valence-corrected chi connectivity index (χ1v) is 26.4. The van der Waals surface area contributed by atoms with Crippen molar-refractivity contribution in [3.8, 4) is 0 Å². The third kappa shape index (κ3) is 46.3. The monoisotopic (exact) mass is 844 g/mol. The van der Waals surface area contributed by atoms with Gasteiger partial charge in [-0.25, -0.2) is 0 Å². The Bertz CT molecular complexity index is 940. The Morgan fingerprint density at radius 3 is 1.31 bits per heavy atom. The molecule has 0 heterocycles. The van der Waals surface area contributed by atoms with Gasteiger partial charge >= 0.3 is 5.97 Å². The van der Waals surface area contributed by atoms with Crippen molar-refractivity contribution in [2.24, 2.45) is 0 Å². The van der Waals surface area contributed by atoms with E-state index in [2.05, 4.69) is 26.0 Å². The van der Waals surface area contributed by atoms with Gasteiger partial charge in [-0.3, -0.25) is 9.36 Å². The Morgan fingerprint density at radius 1 is 0.517 bits per heavy atom. The van der Waals surface area contributed by atoms with Crippen LogP contribution in [0.15, 0.2) is 12.2 Å². The molecule has 0 bridgehead atoms. The lowest BCUT2D eigenvalue weighted by Crippen LogP contribution is -2.37. The standard InChI is InChI=1S/C49H98NO7P/c1-6-8-10-12-14-16-18-20-22-23-24-25-26-27-28-30-32-34-36-38-40-42-49(51)57-48(47-56-58(52,53)55-45-43-50(3,4)5)46-54-44-41-39-37-35-33-31-29-21-19-17-15-13-11-9-7-2/h23-24,48H,6-22,25-47H2,1-5H3/b24-23-. The minimum Gasteiger partial charge on any atom is -0.756 e. The number of rotatable bonds is 47. The SMILES string of the molecule is CCCCCCCCCC/C=C\CCCCCCCCCCCC(=O)OC(COCCCCCCCCCCCCCCCCC)COP(=O)([O-])OCC[N+](C)(C)C. The van der Waals surface area contributed by atoms with Crippen LogP contribution in [0.5, 0.6) is 0 Å². The molecule has 2 unspecified atom stereocenters. The van der Waals surface area contributed by atoms with E-state index in [1.165, 1.54) is 186 Å². The normalized spacial score (nSPS) is 13.7. The van der Waals surface area contributed by atoms with Crippen LogP contribution in [-0.4, -0.2) is 70.7 Å². The highest BCUT2D eigenvalue weighted by atomic mass is 31.2. The fraction of sp³-hybridized carbons (Fsp3) is 0.939. The van der Waals surface area contributed by atoms with Crippen molar-refractivity contribution in [3.63, 3.8) is 0 Å². The molecule has 0 radical (unpaired) electrons. The summed E-state index contributed by atoms with van der Waals surface area (Å²) in [6.07, 6.45) is 48.0. The van der Waals surface area contributed by atoms with Gasteiger partial charge in [-0.05, 0) is 38.5 Å². The van der Waals surface area contributed by atoms with Gasteiger partial charge in [0.05, 0.1) is 34.4 Å². The van der Waals surface area contributed by atoms with E-state index >= 15 is 0 Å². The topological polar surface area (TPSA) is 94.1 Å². The molecule has 0 aliphatic heterocycles. The summed E-state index contributed by atoms with van der Waals surface area (Å²) in [6.45, 7) is 5.47. The lowest BCUT2D eigenvalue weighted by Gasteiger charge is -2.28. The summed E-state index contributed by atoms with van der Waals surface area (Å²) in [4.78, 5) is 25.1. The largest absolute Gasteiger partial charge is 0.756 e. The maximum atomic E-state index is 12.7. The lowest BCUT2D eigenvalue weighted by atomic mass is 10.0. The molecule has 0 spiro atoms. The molecular formula is C49H98NO7P. The van der Waals surface area contributed by atoms with Crippen molar-refractivity contribution in [2.45, 2.75) is 245 Å². The Hall–Kier alpha value is -0.760. The van der Waals surface area contributed by atoms with E-state index in [0.717, 1.165) is 32.1 Å². The first kappa shape index (κ1) is 57.2. The molecule has 0 aromatic heterocycles. The number of likely N-dealkylation sites (N-methyl/N-ethyl adjacent to an activating group) is 1. The minimum atomic E-state index is -4.52. The van der Waals surface area contributed by atoms with Gasteiger partial charge in [0.25, 0.3) is 7.82 Å². The maximum Gasteiger partial charge on any atom is 0.306 e. The summed E-state index contributed by atoms with van der Waals surface area (Å²) < 4.78 is 34.7. The smallest absolute Gasteiger partial charge is 0.306 e. The second-order valence-corrected chi connectivity index (χ2v) is 19.6. The molecule has 2 atom stereocenters. The fourth-order valence-corrected chi connectivity index (χ4v) is 7.92. The molecule has 0 aromatic rings. The fourth-order valence-electron chi connectivity index (χ4n) is 7.19. The van der Waals surface area contributed by atoms with Crippen molar-refractivity contribution in [1.82, 2.24) is 0 Å². The van der Waals surface area contributed by atoms with E-state index in [1.54, 1.807) is 0 Å². The molecule has 0 saturated carbocycles. The summed E-state index contributed by atoms with van der Waals surface area (Å²) in [7, 11) is 1.37. The highest BCUT2D eigenvalue weighted by Crippen LogP contribution is 2.38. The third-order valence-electron chi connectivity index (χ3n) is 11.1. The molecule has 9 heteroatoms. The van der Waals surface area contributed by atoms with Gasteiger partial charge < -0.3 is 27.9 Å². The van der Waals surface area contributed by atoms with E-state index in [4.69, 9.17) is 18.5 Å². The zero-order valence-electron chi connectivity index (χ0n) is 39.3. The van der Waals surface area contributed by atoms with Crippen molar-refractivity contribution in [1.29, 1.82) is 0 Å². The van der Waals surface area contributed by atoms with Crippen LogP contribution in [-0.2, 0) is 27.9 Å². The summed E-state index contributed by atoms with van der Waals surface area (Å²) in [5.74, 6) is -0.331. The second kappa shape index (κ2) is 42.9. The number of phosphoric acid groups is 1. The molecule has 0 rings (SSSR count). The minimum absolute atomic E-state index is 0.0293. The number of unbranched alkanes of at least 4 members (excludes halogenated alkanes) is 31. The van der Waals surface area contributed by atoms with Crippen molar-refractivity contribution in [2.75, 3.05) is 54.1 Å². The number of ether oxygens (including phenoxy) is 2. The van der Waals surface area contributed by atoms with Gasteiger partial charge in [0.15, 0.2) is 0 Å². The van der Waals surface area contributed by atoms with Crippen LogP contribution in [0.1, 0.15) is 239 Å². The maximum absolute atomic E-state index is 12.7. The number of hydrogen-bond acceptors (Lipinski definition) is 7. The van der Waals surface area contributed by atoms with Crippen LogP contribution in [0, 0.1) is 0 Å². The van der Waals surface area contributed by atoms with Crippen LogP contribution in [0.3, 0.4) is 0 Å². The van der Waals surface area contributed by atoms with Crippen molar-refractivity contribution >= 4 is 13.8 Å². The van der Waals surface area contributed by atoms with Gasteiger partial charge in [0, 0.05) is 13.0 Å². The molecule has 0 aromatic carbocycles. The Balaban J connectivity index is 4.12. The summed E-state index contributed by atoms with van der Waals surface area (Å²) in [6, 6.07) is 0. The number of phosphoric ester groups is 1. The first-order chi connectivity index (χ1) is 28.1. The molecule has 0 fully saturated rings. The number of hydrogen-bond donors (Lipinski definition) is 0. The third-order valence-corrected chi connectivity index (χ3v) is 12.0. The van der Waals surface area contributed by atoms with Crippen LogP contribution < -0.4 is 4.89 Å². The van der Waals surface area contributed by atoms with Crippen LogP contribution >= 0.6 is 7.82 Å². The van der Waals surface area contributed by atoms with E-state index in [-0.39, 0.29) is 25.8 Å². The van der Waals surface area contributed by atoms with E-state index < -0.39 is 13.9 Å². The number of nitrogens with zero attached hydrogens (tertiary/aromatic N) is 1. The Morgan fingerprint density at radius 2 is 0.897 bits per heavy atom. The number of carbonyl (C=O) groups excluding carboxylic acids is 1. The number of carbonyl (C=O) groups is 1. The summed E-state index contributed by atoms with van der Waals surface area (Å²) in [5.41, 5.74) is 0. The lowest BCUT2D eigenvalue weighted by molar-refractivity contribution is -0.870. The molecule has 0 aliphatic carbocycles. The van der Waals surface area contributed by atoms with Crippen LogP contribution in [0.2, 0.25) is 0 Å². The van der Waals surface area contributed by atoms with E-state index in [9.17, 15) is 14.3 Å².